The van der Waals surface area contributed by atoms with Gasteiger partial charge in [-0.1, -0.05) is 36.4 Å². The van der Waals surface area contributed by atoms with E-state index in [9.17, 15) is 4.79 Å². The third-order valence-electron chi connectivity index (χ3n) is 5.79. The number of para-hydroxylation sites is 2. The maximum atomic E-state index is 12.1. The van der Waals surface area contributed by atoms with Crippen LogP contribution in [0.5, 0.6) is 5.75 Å². The molecule has 0 radical (unpaired) electrons. The molecular formula is C24H31N5O2. The average Bonchev–Trinajstić information content (AvgIpc) is 3.26. The predicted octanol–water partition coefficient (Wildman–Crippen LogP) is 2.41. The Bertz CT molecular complexity index is 915. The lowest BCUT2D eigenvalue weighted by Crippen LogP contribution is -2.47. The SMILES string of the molecule is CN(C)C(=O)CN=C(NC1CCN(c2ccccc2)C1)NC1CCOc2ccccc21. The molecule has 0 aromatic heterocycles. The minimum absolute atomic E-state index is 0.0224. The van der Waals surface area contributed by atoms with Crippen LogP contribution in [0.1, 0.15) is 24.4 Å². The molecule has 1 amide bonds. The van der Waals surface area contributed by atoms with E-state index in [1.54, 1.807) is 19.0 Å². The Hall–Kier alpha value is -3.22. The van der Waals surface area contributed by atoms with E-state index in [4.69, 9.17) is 4.74 Å². The third-order valence-corrected chi connectivity index (χ3v) is 5.79. The number of aliphatic imine (C=N–C) groups is 1. The van der Waals surface area contributed by atoms with Gasteiger partial charge in [0.2, 0.25) is 5.91 Å². The van der Waals surface area contributed by atoms with Gasteiger partial charge in [0.25, 0.3) is 0 Å². The fourth-order valence-corrected chi connectivity index (χ4v) is 4.02. The van der Waals surface area contributed by atoms with Crippen LogP contribution < -0.4 is 20.3 Å². The van der Waals surface area contributed by atoms with Crippen molar-refractivity contribution in [3.05, 3.63) is 60.2 Å². The molecule has 1 saturated heterocycles. The van der Waals surface area contributed by atoms with Gasteiger partial charge in [-0.15, -0.1) is 0 Å². The van der Waals surface area contributed by atoms with E-state index >= 15 is 0 Å². The zero-order valence-electron chi connectivity index (χ0n) is 18.3. The highest BCUT2D eigenvalue weighted by Crippen LogP contribution is 2.31. The molecule has 2 aliphatic rings. The Balaban J connectivity index is 1.46. The minimum atomic E-state index is -0.0224. The summed E-state index contributed by atoms with van der Waals surface area (Å²) in [6.45, 7) is 2.66. The number of rotatable bonds is 5. The number of hydrogen-bond donors (Lipinski definition) is 2. The molecule has 4 rings (SSSR count). The van der Waals surface area contributed by atoms with Crippen LogP contribution >= 0.6 is 0 Å². The van der Waals surface area contributed by atoms with Gasteiger partial charge in [-0.05, 0) is 24.6 Å². The first-order chi connectivity index (χ1) is 15.1. The van der Waals surface area contributed by atoms with Crippen molar-refractivity contribution < 1.29 is 9.53 Å². The highest BCUT2D eigenvalue weighted by atomic mass is 16.5. The van der Waals surface area contributed by atoms with E-state index in [1.807, 2.05) is 24.3 Å². The van der Waals surface area contributed by atoms with Crippen molar-refractivity contribution in [1.29, 1.82) is 0 Å². The van der Waals surface area contributed by atoms with Crippen LogP contribution in [0.3, 0.4) is 0 Å². The highest BCUT2D eigenvalue weighted by molar-refractivity contribution is 5.85. The smallest absolute Gasteiger partial charge is 0.243 e. The molecule has 2 heterocycles. The van der Waals surface area contributed by atoms with Crippen LogP contribution in [0.15, 0.2) is 59.6 Å². The molecule has 0 bridgehead atoms. The van der Waals surface area contributed by atoms with Gasteiger partial charge in [-0.25, -0.2) is 4.99 Å². The summed E-state index contributed by atoms with van der Waals surface area (Å²) in [5, 5.41) is 7.13. The minimum Gasteiger partial charge on any atom is -0.493 e. The molecule has 2 unspecified atom stereocenters. The Morgan fingerprint density at radius 1 is 1.10 bits per heavy atom. The second-order valence-electron chi connectivity index (χ2n) is 8.24. The van der Waals surface area contributed by atoms with Crippen LogP contribution in [-0.4, -0.2) is 63.1 Å². The topological polar surface area (TPSA) is 69.2 Å². The normalized spacial score (nSPS) is 20.6. The van der Waals surface area contributed by atoms with Gasteiger partial charge in [0, 0.05) is 50.9 Å². The van der Waals surface area contributed by atoms with Crippen molar-refractivity contribution in [2.75, 3.05) is 45.2 Å². The molecule has 0 aliphatic carbocycles. The largest absolute Gasteiger partial charge is 0.493 e. The summed E-state index contributed by atoms with van der Waals surface area (Å²) >= 11 is 0. The monoisotopic (exact) mass is 421 g/mol. The molecule has 2 atom stereocenters. The van der Waals surface area contributed by atoms with Crippen LogP contribution in [0.25, 0.3) is 0 Å². The number of ether oxygens (including phenoxy) is 1. The molecule has 31 heavy (non-hydrogen) atoms. The maximum absolute atomic E-state index is 12.1. The summed E-state index contributed by atoms with van der Waals surface area (Å²) in [7, 11) is 3.50. The molecule has 2 N–H and O–H groups in total. The zero-order valence-corrected chi connectivity index (χ0v) is 18.3. The first-order valence-corrected chi connectivity index (χ1v) is 10.9. The van der Waals surface area contributed by atoms with Crippen molar-refractivity contribution in [2.45, 2.75) is 24.9 Å². The van der Waals surface area contributed by atoms with E-state index < -0.39 is 0 Å². The van der Waals surface area contributed by atoms with E-state index in [0.717, 1.165) is 37.2 Å². The van der Waals surface area contributed by atoms with E-state index in [0.29, 0.717) is 12.6 Å². The fourth-order valence-electron chi connectivity index (χ4n) is 4.02. The molecule has 2 aromatic rings. The van der Waals surface area contributed by atoms with Gasteiger partial charge < -0.3 is 25.2 Å². The molecule has 2 aliphatic heterocycles. The molecule has 0 spiro atoms. The highest BCUT2D eigenvalue weighted by Gasteiger charge is 2.26. The number of nitrogens with one attached hydrogen (secondary N) is 2. The number of amides is 1. The predicted molar refractivity (Wildman–Crippen MR) is 124 cm³/mol. The van der Waals surface area contributed by atoms with Gasteiger partial charge in [0.15, 0.2) is 5.96 Å². The summed E-state index contributed by atoms with van der Waals surface area (Å²) in [4.78, 5) is 20.7. The number of fused-ring (bicyclic) bond motifs is 1. The summed E-state index contributed by atoms with van der Waals surface area (Å²) in [6.07, 6.45) is 1.86. The van der Waals surface area contributed by atoms with E-state index in [2.05, 4.69) is 50.9 Å². The molecule has 0 saturated carbocycles. The molecule has 2 aromatic carbocycles. The lowest BCUT2D eigenvalue weighted by Gasteiger charge is -2.29. The fraction of sp³-hybridized carbons (Fsp3) is 0.417. The third kappa shape index (κ3) is 5.29. The number of nitrogens with zero attached hydrogens (tertiary/aromatic N) is 3. The average molecular weight is 422 g/mol. The van der Waals surface area contributed by atoms with Crippen LogP contribution in [-0.2, 0) is 4.79 Å². The van der Waals surface area contributed by atoms with Crippen molar-refractivity contribution in [2.24, 2.45) is 4.99 Å². The second kappa shape index (κ2) is 9.73. The lowest BCUT2D eigenvalue weighted by atomic mass is 10.0. The lowest BCUT2D eigenvalue weighted by molar-refractivity contribution is -0.127. The summed E-state index contributed by atoms with van der Waals surface area (Å²) in [6, 6.07) is 18.9. The Morgan fingerprint density at radius 2 is 1.87 bits per heavy atom. The first-order valence-electron chi connectivity index (χ1n) is 10.9. The number of carbonyl (C=O) groups is 1. The van der Waals surface area contributed by atoms with Gasteiger partial charge in [-0.3, -0.25) is 4.79 Å². The van der Waals surface area contributed by atoms with E-state index in [1.165, 1.54) is 5.69 Å². The molecular weight excluding hydrogens is 390 g/mol. The van der Waals surface area contributed by atoms with Gasteiger partial charge in [0.1, 0.15) is 12.3 Å². The second-order valence-corrected chi connectivity index (χ2v) is 8.24. The molecule has 164 valence electrons. The van der Waals surface area contributed by atoms with Gasteiger partial charge >= 0.3 is 0 Å². The summed E-state index contributed by atoms with van der Waals surface area (Å²) in [5.74, 6) is 1.56. The Kier molecular flexibility index (Phi) is 6.60. The zero-order chi connectivity index (χ0) is 21.6. The number of carbonyl (C=O) groups excluding carboxylic acids is 1. The Morgan fingerprint density at radius 3 is 2.68 bits per heavy atom. The summed E-state index contributed by atoms with van der Waals surface area (Å²) < 4.78 is 5.79. The van der Waals surface area contributed by atoms with Gasteiger partial charge in [-0.2, -0.15) is 0 Å². The first kappa shape index (κ1) is 21.0. The van der Waals surface area contributed by atoms with Crippen LogP contribution in [0.4, 0.5) is 5.69 Å². The van der Waals surface area contributed by atoms with Crippen molar-refractivity contribution >= 4 is 17.6 Å². The van der Waals surface area contributed by atoms with Crippen LogP contribution in [0, 0.1) is 0 Å². The van der Waals surface area contributed by atoms with Crippen molar-refractivity contribution in [3.63, 3.8) is 0 Å². The summed E-state index contributed by atoms with van der Waals surface area (Å²) in [5.41, 5.74) is 2.36. The van der Waals surface area contributed by atoms with Crippen molar-refractivity contribution in [3.8, 4) is 5.75 Å². The number of guanidine groups is 1. The molecule has 7 heteroatoms. The Labute approximate surface area is 184 Å². The van der Waals surface area contributed by atoms with E-state index in [-0.39, 0.29) is 24.5 Å². The number of benzene rings is 2. The number of hydrogen-bond acceptors (Lipinski definition) is 4. The van der Waals surface area contributed by atoms with Crippen LogP contribution in [0.2, 0.25) is 0 Å². The van der Waals surface area contributed by atoms with Gasteiger partial charge in [0.05, 0.1) is 12.6 Å². The standard InChI is InChI=1S/C24H31N5O2/c1-28(2)23(30)16-25-24(27-21-13-15-31-22-11-7-6-10-20(21)22)26-18-12-14-29(17-18)19-8-4-3-5-9-19/h3-11,18,21H,12-17H2,1-2H3,(H2,25,26,27). The number of likely N-dealkylation sites (N-methyl/N-ethyl adjacent to an activating group) is 1. The van der Waals surface area contributed by atoms with Crippen molar-refractivity contribution in [1.82, 2.24) is 15.5 Å². The maximum Gasteiger partial charge on any atom is 0.243 e. The molecule has 7 nitrogen and oxygen atoms in total. The molecule has 1 fully saturated rings. The quantitative estimate of drug-likeness (QED) is 0.573. The number of anilines is 1.